The van der Waals surface area contributed by atoms with Crippen molar-refractivity contribution in [2.24, 2.45) is 5.92 Å². The fourth-order valence-corrected chi connectivity index (χ4v) is 3.38. The molecular formula is C20H17ClN2O2. The average Bonchev–Trinajstić information content (AvgIpc) is 3.45. The van der Waals surface area contributed by atoms with Crippen LogP contribution >= 0.6 is 11.6 Å². The predicted molar refractivity (Wildman–Crippen MR) is 96.4 cm³/mol. The maximum Gasteiger partial charge on any atom is 0.309 e. The van der Waals surface area contributed by atoms with Gasteiger partial charge < -0.3 is 4.74 Å². The van der Waals surface area contributed by atoms with E-state index in [1.165, 1.54) is 0 Å². The van der Waals surface area contributed by atoms with Crippen molar-refractivity contribution in [1.29, 1.82) is 0 Å². The zero-order chi connectivity index (χ0) is 17.4. The third-order valence-electron chi connectivity index (χ3n) is 4.70. The highest BCUT2D eigenvalue weighted by Gasteiger charge is 2.45. The van der Waals surface area contributed by atoms with Crippen molar-refractivity contribution in [3.05, 3.63) is 70.6 Å². The van der Waals surface area contributed by atoms with Gasteiger partial charge in [0, 0.05) is 17.8 Å². The molecule has 1 aromatic carbocycles. The molecule has 126 valence electrons. The maximum atomic E-state index is 12.3. The van der Waals surface area contributed by atoms with Gasteiger partial charge in [0.2, 0.25) is 0 Å². The topological polar surface area (TPSA) is 52.1 Å². The third kappa shape index (κ3) is 3.10. The molecule has 0 saturated heterocycles. The van der Waals surface area contributed by atoms with Crippen LogP contribution in [0.1, 0.15) is 29.2 Å². The summed E-state index contributed by atoms with van der Waals surface area (Å²) in [5, 5.41) is 1.58. The number of carbonyl (C=O) groups is 1. The minimum absolute atomic E-state index is 0.0930. The lowest BCUT2D eigenvalue weighted by Gasteiger charge is -2.10. The van der Waals surface area contributed by atoms with E-state index in [9.17, 15) is 4.79 Å². The van der Waals surface area contributed by atoms with Crippen molar-refractivity contribution < 1.29 is 9.53 Å². The largest absolute Gasteiger partial charge is 0.459 e. The maximum absolute atomic E-state index is 12.3. The number of aromatic nitrogens is 2. The fourth-order valence-electron chi connectivity index (χ4n) is 3.18. The number of benzene rings is 1. The van der Waals surface area contributed by atoms with E-state index < -0.39 is 0 Å². The molecule has 0 unspecified atom stereocenters. The standard InChI is InChI=1S/C20H17ClN2O2/c1-12-14-6-2-3-7-17(14)23-18(19(12)21)11-25-20(24)16-9-15(16)13-5-4-8-22-10-13/h2-8,10,15-16H,9,11H2,1H3/t15-,16+/m0/s1. The van der Waals surface area contributed by atoms with Crippen LogP contribution in [-0.4, -0.2) is 15.9 Å². The SMILES string of the molecule is Cc1c(Cl)c(COC(=O)[C@@H]2C[C@H]2c2cccnc2)nc2ccccc12. The second-order valence-corrected chi connectivity index (χ2v) is 6.74. The van der Waals surface area contributed by atoms with E-state index in [4.69, 9.17) is 16.3 Å². The van der Waals surface area contributed by atoms with Crippen LogP contribution in [0.4, 0.5) is 0 Å². The number of nitrogens with zero attached hydrogens (tertiary/aromatic N) is 2. The first kappa shape index (κ1) is 16.0. The summed E-state index contributed by atoms with van der Waals surface area (Å²) in [6.45, 7) is 2.05. The number of fused-ring (bicyclic) bond motifs is 1. The molecule has 0 N–H and O–H groups in total. The number of esters is 1. The van der Waals surface area contributed by atoms with Crippen molar-refractivity contribution >= 4 is 28.5 Å². The van der Waals surface area contributed by atoms with E-state index in [0.29, 0.717) is 10.7 Å². The molecule has 4 nitrogen and oxygen atoms in total. The number of halogens is 1. The van der Waals surface area contributed by atoms with Gasteiger partial charge in [0.25, 0.3) is 0 Å². The highest BCUT2D eigenvalue weighted by atomic mass is 35.5. The smallest absolute Gasteiger partial charge is 0.309 e. The molecule has 0 radical (unpaired) electrons. The van der Waals surface area contributed by atoms with Gasteiger partial charge in [-0.2, -0.15) is 0 Å². The molecule has 1 saturated carbocycles. The van der Waals surface area contributed by atoms with Crippen LogP contribution < -0.4 is 0 Å². The number of carbonyl (C=O) groups excluding carboxylic acids is 1. The summed E-state index contributed by atoms with van der Waals surface area (Å²) in [6, 6.07) is 11.7. The molecule has 0 amide bonds. The van der Waals surface area contributed by atoms with Crippen LogP contribution in [0.2, 0.25) is 5.02 Å². The summed E-state index contributed by atoms with van der Waals surface area (Å²) in [5.74, 6) is -0.0787. The molecule has 1 aliphatic carbocycles. The fraction of sp³-hybridized carbons (Fsp3) is 0.250. The third-order valence-corrected chi connectivity index (χ3v) is 5.20. The quantitative estimate of drug-likeness (QED) is 0.651. The number of ether oxygens (including phenoxy) is 1. The summed E-state index contributed by atoms with van der Waals surface area (Å²) < 4.78 is 5.48. The summed E-state index contributed by atoms with van der Waals surface area (Å²) >= 11 is 6.41. The molecule has 2 atom stereocenters. The minimum atomic E-state index is -0.197. The molecule has 4 rings (SSSR count). The van der Waals surface area contributed by atoms with Crippen LogP contribution in [0.25, 0.3) is 10.9 Å². The van der Waals surface area contributed by atoms with Crippen molar-refractivity contribution in [3.8, 4) is 0 Å². The number of hydrogen-bond donors (Lipinski definition) is 0. The Balaban J connectivity index is 1.46. The van der Waals surface area contributed by atoms with Gasteiger partial charge in [0.05, 0.1) is 22.2 Å². The van der Waals surface area contributed by atoms with Gasteiger partial charge >= 0.3 is 5.97 Å². The zero-order valence-electron chi connectivity index (χ0n) is 13.8. The Morgan fingerprint density at radius 1 is 1.28 bits per heavy atom. The van der Waals surface area contributed by atoms with E-state index in [0.717, 1.165) is 28.5 Å². The van der Waals surface area contributed by atoms with E-state index in [-0.39, 0.29) is 24.4 Å². The summed E-state index contributed by atoms with van der Waals surface area (Å²) in [7, 11) is 0. The van der Waals surface area contributed by atoms with Crippen molar-refractivity contribution in [1.82, 2.24) is 9.97 Å². The van der Waals surface area contributed by atoms with Crippen LogP contribution in [0.15, 0.2) is 48.8 Å². The number of rotatable bonds is 4. The van der Waals surface area contributed by atoms with Gasteiger partial charge in [-0.1, -0.05) is 35.9 Å². The highest BCUT2D eigenvalue weighted by molar-refractivity contribution is 6.32. The number of para-hydroxylation sites is 1. The molecule has 0 bridgehead atoms. The second kappa shape index (κ2) is 6.45. The summed E-state index contributed by atoms with van der Waals surface area (Å²) in [6.07, 6.45) is 4.35. The highest BCUT2D eigenvalue weighted by Crippen LogP contribution is 2.48. The lowest BCUT2D eigenvalue weighted by atomic mass is 10.1. The Morgan fingerprint density at radius 3 is 2.92 bits per heavy atom. The first-order valence-electron chi connectivity index (χ1n) is 8.25. The Labute approximate surface area is 150 Å². The Morgan fingerprint density at radius 2 is 2.12 bits per heavy atom. The molecule has 5 heteroatoms. The van der Waals surface area contributed by atoms with Crippen LogP contribution in [0.5, 0.6) is 0 Å². The molecule has 3 aromatic rings. The molecule has 2 aromatic heterocycles. The van der Waals surface area contributed by atoms with Crippen molar-refractivity contribution in [2.75, 3.05) is 0 Å². The van der Waals surface area contributed by atoms with Gasteiger partial charge in [-0.05, 0) is 42.5 Å². The number of hydrogen-bond acceptors (Lipinski definition) is 4. The first-order valence-corrected chi connectivity index (χ1v) is 8.63. The van der Waals surface area contributed by atoms with Crippen LogP contribution in [-0.2, 0) is 16.1 Å². The van der Waals surface area contributed by atoms with E-state index >= 15 is 0 Å². The molecule has 25 heavy (non-hydrogen) atoms. The van der Waals surface area contributed by atoms with Crippen molar-refractivity contribution in [2.45, 2.75) is 25.9 Å². The van der Waals surface area contributed by atoms with E-state index in [1.54, 1.807) is 6.20 Å². The lowest BCUT2D eigenvalue weighted by molar-refractivity contribution is -0.146. The Kier molecular flexibility index (Phi) is 4.14. The van der Waals surface area contributed by atoms with Crippen LogP contribution in [0.3, 0.4) is 0 Å². The Hall–Kier alpha value is -2.46. The molecule has 1 aliphatic rings. The Bertz CT molecular complexity index is 943. The second-order valence-electron chi connectivity index (χ2n) is 6.36. The van der Waals surface area contributed by atoms with Crippen molar-refractivity contribution in [3.63, 3.8) is 0 Å². The molecular weight excluding hydrogens is 336 g/mol. The average molecular weight is 353 g/mol. The van der Waals surface area contributed by atoms with E-state index in [2.05, 4.69) is 9.97 Å². The van der Waals surface area contributed by atoms with Gasteiger partial charge in [-0.25, -0.2) is 4.98 Å². The van der Waals surface area contributed by atoms with Gasteiger partial charge in [-0.15, -0.1) is 0 Å². The number of pyridine rings is 2. The monoisotopic (exact) mass is 352 g/mol. The zero-order valence-corrected chi connectivity index (χ0v) is 14.5. The first-order chi connectivity index (χ1) is 12.1. The molecule has 0 spiro atoms. The van der Waals surface area contributed by atoms with Gasteiger partial charge in [-0.3, -0.25) is 9.78 Å². The summed E-state index contributed by atoms with van der Waals surface area (Å²) in [4.78, 5) is 21.0. The van der Waals surface area contributed by atoms with Gasteiger partial charge in [0.15, 0.2) is 0 Å². The number of aryl methyl sites for hydroxylation is 1. The molecule has 0 aliphatic heterocycles. The predicted octanol–water partition coefficient (Wildman–Crippen LogP) is 4.44. The molecule has 2 heterocycles. The van der Waals surface area contributed by atoms with Gasteiger partial charge in [0.1, 0.15) is 6.61 Å². The van der Waals surface area contributed by atoms with E-state index in [1.807, 2.05) is 49.5 Å². The normalized spacial score (nSPS) is 19.0. The summed E-state index contributed by atoms with van der Waals surface area (Å²) in [5.41, 5.74) is 3.50. The van der Waals surface area contributed by atoms with Crippen LogP contribution in [0, 0.1) is 12.8 Å². The minimum Gasteiger partial charge on any atom is -0.459 e. The lowest BCUT2D eigenvalue weighted by Crippen LogP contribution is -2.09. The molecule has 1 fully saturated rings.